The molecular formula is C42H51FO6. The molecule has 0 amide bonds. The Morgan fingerprint density at radius 3 is 2.31 bits per heavy atom. The first-order valence-corrected chi connectivity index (χ1v) is 17.9. The summed E-state index contributed by atoms with van der Waals surface area (Å²) in [7, 11) is 0. The SMILES string of the molecule is CC1=C(O)C(=O)C=C2C1=CC=C1[C@@]2(C)CC[C@@]2(C)[C@@H]3C[C@](C)(C(=O)OCCCCOC(=O)/C=C/c4ccc(F)cc4)CC[C@]3(C)CC[C@]12C. The lowest BCUT2D eigenvalue weighted by Gasteiger charge is -2.70. The topological polar surface area (TPSA) is 89.9 Å². The lowest BCUT2D eigenvalue weighted by atomic mass is 9.34. The van der Waals surface area contributed by atoms with Crippen molar-refractivity contribution in [1.82, 2.24) is 0 Å². The van der Waals surface area contributed by atoms with Gasteiger partial charge >= 0.3 is 11.9 Å². The van der Waals surface area contributed by atoms with Crippen LogP contribution in [0.5, 0.6) is 0 Å². The van der Waals surface area contributed by atoms with Crippen molar-refractivity contribution in [2.24, 2.45) is 33.0 Å². The molecule has 0 unspecified atom stereocenters. The Morgan fingerprint density at radius 2 is 1.59 bits per heavy atom. The fourth-order valence-electron chi connectivity index (χ4n) is 10.1. The Morgan fingerprint density at radius 1 is 0.918 bits per heavy atom. The Bertz CT molecular complexity index is 1710. The number of hydrogen-bond donors (Lipinski definition) is 1. The van der Waals surface area contributed by atoms with E-state index in [-0.39, 0.29) is 58.2 Å². The van der Waals surface area contributed by atoms with E-state index in [1.807, 2.05) is 6.92 Å². The summed E-state index contributed by atoms with van der Waals surface area (Å²) in [5.74, 6) is -1.06. The number of carbonyl (C=O) groups is 3. The maximum absolute atomic E-state index is 13.7. The van der Waals surface area contributed by atoms with Crippen LogP contribution < -0.4 is 0 Å². The second-order valence-electron chi connectivity index (χ2n) is 16.5. The molecule has 1 N–H and O–H groups in total. The van der Waals surface area contributed by atoms with Crippen molar-refractivity contribution in [2.75, 3.05) is 13.2 Å². The van der Waals surface area contributed by atoms with E-state index >= 15 is 0 Å². The molecule has 0 bridgehead atoms. The summed E-state index contributed by atoms with van der Waals surface area (Å²) in [6.45, 7) is 14.0. The van der Waals surface area contributed by atoms with Crippen molar-refractivity contribution in [3.63, 3.8) is 0 Å². The second kappa shape index (κ2) is 12.5. The first kappa shape index (κ1) is 35.1. The van der Waals surface area contributed by atoms with Crippen LogP contribution in [0.1, 0.15) is 105 Å². The molecule has 7 heteroatoms. The van der Waals surface area contributed by atoms with Gasteiger partial charge in [-0.2, -0.15) is 0 Å². The fraction of sp³-hybridized carbons (Fsp3) is 0.548. The summed E-state index contributed by atoms with van der Waals surface area (Å²) < 4.78 is 24.2. The zero-order valence-electron chi connectivity index (χ0n) is 29.9. The van der Waals surface area contributed by atoms with Crippen molar-refractivity contribution in [1.29, 1.82) is 0 Å². The van der Waals surface area contributed by atoms with Crippen LogP contribution in [0.2, 0.25) is 0 Å². The van der Waals surface area contributed by atoms with E-state index in [4.69, 9.17) is 9.47 Å². The quantitative estimate of drug-likeness (QED) is 0.168. The Labute approximate surface area is 290 Å². The maximum Gasteiger partial charge on any atom is 0.330 e. The number of aliphatic hydroxyl groups excluding tert-OH is 1. The van der Waals surface area contributed by atoms with Gasteiger partial charge in [-0.25, -0.2) is 9.18 Å². The van der Waals surface area contributed by atoms with Crippen LogP contribution in [0, 0.1) is 38.8 Å². The predicted octanol–water partition coefficient (Wildman–Crippen LogP) is 9.33. The first-order chi connectivity index (χ1) is 23.1. The number of unbranched alkanes of at least 4 members (excludes halogenated alkanes) is 1. The molecule has 262 valence electrons. The predicted molar refractivity (Wildman–Crippen MR) is 188 cm³/mol. The molecule has 1 aromatic rings. The summed E-state index contributed by atoms with van der Waals surface area (Å²) in [5, 5.41) is 10.4. The number of halogens is 1. The molecule has 0 radical (unpaired) electrons. The molecule has 6 rings (SSSR count). The third-order valence-electron chi connectivity index (χ3n) is 13.7. The largest absolute Gasteiger partial charge is 0.504 e. The number of hydrogen-bond acceptors (Lipinski definition) is 6. The van der Waals surface area contributed by atoms with Crippen LogP contribution in [0.15, 0.2) is 76.6 Å². The average molecular weight is 671 g/mol. The molecule has 6 nitrogen and oxygen atoms in total. The third kappa shape index (κ3) is 5.85. The molecule has 0 heterocycles. The van der Waals surface area contributed by atoms with Crippen LogP contribution in [-0.2, 0) is 23.9 Å². The van der Waals surface area contributed by atoms with Gasteiger partial charge in [0.15, 0.2) is 5.76 Å². The number of ether oxygens (including phenoxy) is 2. The molecule has 6 atom stereocenters. The summed E-state index contributed by atoms with van der Waals surface area (Å²) in [4.78, 5) is 38.6. The minimum atomic E-state index is -0.574. The molecule has 5 aliphatic carbocycles. The third-order valence-corrected chi connectivity index (χ3v) is 13.7. The lowest BCUT2D eigenvalue weighted by Crippen LogP contribution is -2.62. The Balaban J connectivity index is 1.09. The minimum absolute atomic E-state index is 0.0417. The molecule has 49 heavy (non-hydrogen) atoms. The fourth-order valence-corrected chi connectivity index (χ4v) is 10.1. The van der Waals surface area contributed by atoms with E-state index in [0.29, 0.717) is 29.9 Å². The van der Waals surface area contributed by atoms with Crippen molar-refractivity contribution < 1.29 is 33.4 Å². The van der Waals surface area contributed by atoms with E-state index < -0.39 is 11.4 Å². The number of allylic oxidation sites excluding steroid dienone is 7. The highest BCUT2D eigenvalue weighted by atomic mass is 19.1. The summed E-state index contributed by atoms with van der Waals surface area (Å²) in [6.07, 6.45) is 16.8. The number of carbonyl (C=O) groups excluding carboxylic acids is 3. The van der Waals surface area contributed by atoms with Gasteiger partial charge < -0.3 is 14.6 Å². The first-order valence-electron chi connectivity index (χ1n) is 17.9. The smallest absolute Gasteiger partial charge is 0.330 e. The molecule has 0 spiro atoms. The van der Waals surface area contributed by atoms with Crippen LogP contribution in [0.25, 0.3) is 6.08 Å². The van der Waals surface area contributed by atoms with Gasteiger partial charge in [-0.15, -0.1) is 0 Å². The van der Waals surface area contributed by atoms with Gasteiger partial charge in [0.25, 0.3) is 0 Å². The summed E-state index contributed by atoms with van der Waals surface area (Å²) in [6, 6.07) is 5.85. The molecule has 0 aromatic heterocycles. The van der Waals surface area contributed by atoms with E-state index in [1.54, 1.807) is 24.3 Å². The van der Waals surface area contributed by atoms with E-state index in [9.17, 15) is 23.9 Å². The molecule has 0 saturated heterocycles. The molecule has 0 aliphatic heterocycles. The second-order valence-corrected chi connectivity index (χ2v) is 16.5. The zero-order valence-corrected chi connectivity index (χ0v) is 29.9. The number of rotatable bonds is 8. The van der Waals surface area contributed by atoms with Crippen LogP contribution in [-0.4, -0.2) is 36.0 Å². The van der Waals surface area contributed by atoms with Crippen molar-refractivity contribution in [3.8, 4) is 0 Å². The maximum atomic E-state index is 13.7. The van der Waals surface area contributed by atoms with Crippen LogP contribution in [0.3, 0.4) is 0 Å². The van der Waals surface area contributed by atoms with Gasteiger partial charge in [0.1, 0.15) is 5.82 Å². The lowest BCUT2D eigenvalue weighted by molar-refractivity contribution is -0.182. The number of ketones is 1. The molecule has 3 fully saturated rings. The average Bonchev–Trinajstić information content (AvgIpc) is 3.07. The molecule has 1 aromatic carbocycles. The molecule has 3 saturated carbocycles. The van der Waals surface area contributed by atoms with Crippen molar-refractivity contribution in [3.05, 3.63) is 88.0 Å². The van der Waals surface area contributed by atoms with E-state index in [2.05, 4.69) is 46.8 Å². The van der Waals surface area contributed by atoms with Gasteiger partial charge in [-0.3, -0.25) is 9.59 Å². The standard InChI is InChI=1S/C42H51FO6/c1-27-30-14-15-33-40(4,31(30)25-32(44)36(27)46)20-22-42(6)34-26-39(3,18-17-38(34,2)19-21-41(33,42)5)37(47)49-24-8-7-23-48-35(45)16-11-28-9-12-29(43)13-10-28/h9-16,25,34,46H,7-8,17-24,26H2,1-6H3/b16-11+/t34-,38-,39-,40+,41-,42+/m1/s1. The van der Waals surface area contributed by atoms with Crippen LogP contribution in [0.4, 0.5) is 4.39 Å². The van der Waals surface area contributed by atoms with Gasteiger partial charge in [-0.1, -0.05) is 57.6 Å². The van der Waals surface area contributed by atoms with E-state index in [0.717, 1.165) is 56.1 Å². The highest BCUT2D eigenvalue weighted by molar-refractivity contribution is 6.06. The van der Waals surface area contributed by atoms with Crippen molar-refractivity contribution >= 4 is 23.8 Å². The van der Waals surface area contributed by atoms with Gasteiger partial charge in [0, 0.05) is 17.1 Å². The number of esters is 2. The monoisotopic (exact) mass is 670 g/mol. The van der Waals surface area contributed by atoms with Gasteiger partial charge in [-0.05, 0) is 135 Å². The minimum Gasteiger partial charge on any atom is -0.504 e. The number of aliphatic hydroxyl groups is 1. The molecular weight excluding hydrogens is 619 g/mol. The zero-order chi connectivity index (χ0) is 35.4. The number of fused-ring (bicyclic) bond motifs is 7. The summed E-state index contributed by atoms with van der Waals surface area (Å²) in [5.41, 5.74) is 3.89. The van der Waals surface area contributed by atoms with Gasteiger partial charge in [0.05, 0.1) is 18.6 Å². The van der Waals surface area contributed by atoms with Gasteiger partial charge in [0.2, 0.25) is 5.78 Å². The summed E-state index contributed by atoms with van der Waals surface area (Å²) >= 11 is 0. The highest BCUT2D eigenvalue weighted by Gasteiger charge is 2.67. The molecule has 5 aliphatic rings. The van der Waals surface area contributed by atoms with E-state index in [1.165, 1.54) is 23.8 Å². The Hall–Kier alpha value is -3.74. The normalized spacial score (nSPS) is 35.3. The highest BCUT2D eigenvalue weighted by Crippen LogP contribution is 2.75. The number of benzene rings is 1. The Kier molecular flexibility index (Phi) is 8.99. The van der Waals surface area contributed by atoms with Crippen LogP contribution >= 0.6 is 0 Å². The van der Waals surface area contributed by atoms with Crippen molar-refractivity contribution in [2.45, 2.75) is 99.3 Å².